The van der Waals surface area contributed by atoms with Crippen molar-refractivity contribution in [1.82, 2.24) is 25.3 Å². The van der Waals surface area contributed by atoms with E-state index in [4.69, 9.17) is 9.47 Å². The number of aromatic amines is 1. The van der Waals surface area contributed by atoms with Gasteiger partial charge in [0.15, 0.2) is 11.5 Å². The molecule has 8 nitrogen and oxygen atoms in total. The largest absolute Gasteiger partial charge is 0.454 e. The molecule has 0 bridgehead atoms. The fraction of sp³-hybridized carbons (Fsp3) is 0.278. The first kappa shape index (κ1) is 16.2. The molecule has 0 unspecified atom stereocenters. The summed E-state index contributed by atoms with van der Waals surface area (Å²) in [5.41, 5.74) is 3.83. The molecule has 2 aromatic heterocycles. The second kappa shape index (κ2) is 6.55. The maximum Gasteiger partial charge on any atom is 0.269 e. The second-order valence-corrected chi connectivity index (χ2v) is 6.01. The van der Waals surface area contributed by atoms with E-state index in [2.05, 4.69) is 20.6 Å². The standard InChI is InChI=1S/C18H19N5O3/c1-3-23-9-13(11(2)22-23)8-19-18(24)15-7-14(20-21-15)12-4-5-16-17(6-12)26-10-25-16/h4-7,9H,3,8,10H2,1-2H3,(H,19,24)(H,20,21). The lowest BCUT2D eigenvalue weighted by Crippen LogP contribution is -2.23. The maximum atomic E-state index is 12.4. The van der Waals surface area contributed by atoms with E-state index in [9.17, 15) is 4.79 Å². The van der Waals surface area contributed by atoms with E-state index in [0.29, 0.717) is 29.4 Å². The molecule has 0 radical (unpaired) electrons. The Kier molecular flexibility index (Phi) is 4.08. The van der Waals surface area contributed by atoms with Crippen LogP contribution < -0.4 is 14.8 Å². The lowest BCUT2D eigenvalue weighted by Gasteiger charge is -2.02. The molecule has 1 aliphatic rings. The number of nitrogens with zero attached hydrogens (tertiary/aromatic N) is 3. The van der Waals surface area contributed by atoms with Crippen LogP contribution >= 0.6 is 0 Å². The van der Waals surface area contributed by atoms with E-state index in [1.807, 2.05) is 42.9 Å². The number of amides is 1. The van der Waals surface area contributed by atoms with Gasteiger partial charge in [-0.05, 0) is 38.1 Å². The van der Waals surface area contributed by atoms with Crippen molar-refractivity contribution < 1.29 is 14.3 Å². The van der Waals surface area contributed by atoms with E-state index in [1.165, 1.54) is 0 Å². The molecule has 1 aromatic carbocycles. The highest BCUT2D eigenvalue weighted by Gasteiger charge is 2.16. The van der Waals surface area contributed by atoms with Crippen molar-refractivity contribution >= 4 is 5.91 Å². The number of aryl methyl sites for hydroxylation is 2. The molecule has 26 heavy (non-hydrogen) atoms. The predicted molar refractivity (Wildman–Crippen MR) is 94.0 cm³/mol. The Balaban J connectivity index is 1.45. The Morgan fingerprint density at radius 3 is 2.96 bits per heavy atom. The number of aromatic nitrogens is 4. The van der Waals surface area contributed by atoms with Crippen LogP contribution in [0.3, 0.4) is 0 Å². The Hall–Kier alpha value is -3.29. The van der Waals surface area contributed by atoms with Gasteiger partial charge in [0.1, 0.15) is 5.69 Å². The minimum atomic E-state index is -0.215. The number of nitrogens with one attached hydrogen (secondary N) is 2. The molecule has 8 heteroatoms. The number of rotatable bonds is 5. The molecule has 0 fully saturated rings. The van der Waals surface area contributed by atoms with Crippen LogP contribution in [0.1, 0.15) is 28.7 Å². The van der Waals surface area contributed by atoms with E-state index in [-0.39, 0.29) is 12.7 Å². The van der Waals surface area contributed by atoms with Gasteiger partial charge < -0.3 is 14.8 Å². The molecular weight excluding hydrogens is 334 g/mol. The van der Waals surface area contributed by atoms with Gasteiger partial charge in [0.25, 0.3) is 5.91 Å². The van der Waals surface area contributed by atoms with Crippen molar-refractivity contribution in [2.24, 2.45) is 0 Å². The Morgan fingerprint density at radius 1 is 1.31 bits per heavy atom. The van der Waals surface area contributed by atoms with Crippen LogP contribution in [0, 0.1) is 6.92 Å². The molecule has 3 heterocycles. The van der Waals surface area contributed by atoms with Crippen LogP contribution in [0.4, 0.5) is 0 Å². The van der Waals surface area contributed by atoms with Crippen LogP contribution in [0.15, 0.2) is 30.5 Å². The summed E-state index contributed by atoms with van der Waals surface area (Å²) in [5.74, 6) is 1.18. The van der Waals surface area contributed by atoms with Crippen LogP contribution in [0.25, 0.3) is 11.3 Å². The highest BCUT2D eigenvalue weighted by atomic mass is 16.7. The molecule has 2 N–H and O–H groups in total. The first-order valence-corrected chi connectivity index (χ1v) is 8.40. The van der Waals surface area contributed by atoms with E-state index in [0.717, 1.165) is 23.4 Å². The molecule has 0 saturated heterocycles. The number of hydrogen-bond acceptors (Lipinski definition) is 5. The first-order chi connectivity index (χ1) is 12.6. The number of H-pyrrole nitrogens is 1. The third-order valence-electron chi connectivity index (χ3n) is 4.30. The Bertz CT molecular complexity index is 960. The van der Waals surface area contributed by atoms with E-state index in [1.54, 1.807) is 6.07 Å². The molecule has 134 valence electrons. The molecule has 0 atom stereocenters. The minimum absolute atomic E-state index is 0.215. The summed E-state index contributed by atoms with van der Waals surface area (Å²) < 4.78 is 12.5. The van der Waals surface area contributed by atoms with Gasteiger partial charge in [0.2, 0.25) is 6.79 Å². The average Bonchev–Trinajstić information content (AvgIpc) is 3.38. The van der Waals surface area contributed by atoms with Crippen LogP contribution in [0.2, 0.25) is 0 Å². The monoisotopic (exact) mass is 353 g/mol. The Morgan fingerprint density at radius 2 is 2.15 bits per heavy atom. The minimum Gasteiger partial charge on any atom is -0.454 e. The third kappa shape index (κ3) is 3.01. The lowest BCUT2D eigenvalue weighted by molar-refractivity contribution is 0.0946. The van der Waals surface area contributed by atoms with Crippen LogP contribution in [-0.2, 0) is 13.1 Å². The van der Waals surface area contributed by atoms with Crippen molar-refractivity contribution in [1.29, 1.82) is 0 Å². The summed E-state index contributed by atoms with van der Waals surface area (Å²) in [7, 11) is 0. The van der Waals surface area contributed by atoms with Gasteiger partial charge in [-0.1, -0.05) is 0 Å². The molecule has 1 aliphatic heterocycles. The quantitative estimate of drug-likeness (QED) is 0.734. The fourth-order valence-electron chi connectivity index (χ4n) is 2.81. The summed E-state index contributed by atoms with van der Waals surface area (Å²) in [6.45, 7) is 5.40. The summed E-state index contributed by atoms with van der Waals surface area (Å²) in [4.78, 5) is 12.4. The van der Waals surface area contributed by atoms with E-state index < -0.39 is 0 Å². The summed E-state index contributed by atoms with van der Waals surface area (Å²) in [6, 6.07) is 7.28. The number of carbonyl (C=O) groups excluding carboxylic acids is 1. The van der Waals surface area contributed by atoms with Gasteiger partial charge in [-0.2, -0.15) is 10.2 Å². The molecule has 0 spiro atoms. The highest BCUT2D eigenvalue weighted by molar-refractivity contribution is 5.93. The SMILES string of the molecule is CCn1cc(CNC(=O)c2cc(-c3ccc4c(c3)OCO4)n[nH]2)c(C)n1. The third-order valence-corrected chi connectivity index (χ3v) is 4.30. The van der Waals surface area contributed by atoms with Crippen molar-refractivity contribution in [3.05, 3.63) is 47.4 Å². The zero-order valence-electron chi connectivity index (χ0n) is 14.6. The number of benzene rings is 1. The van der Waals surface area contributed by atoms with Crippen molar-refractivity contribution in [2.75, 3.05) is 6.79 Å². The lowest BCUT2D eigenvalue weighted by atomic mass is 10.1. The van der Waals surface area contributed by atoms with Gasteiger partial charge in [-0.25, -0.2) is 0 Å². The highest BCUT2D eigenvalue weighted by Crippen LogP contribution is 2.35. The summed E-state index contributed by atoms with van der Waals surface area (Å²) >= 11 is 0. The van der Waals surface area contributed by atoms with Crippen molar-refractivity contribution in [2.45, 2.75) is 26.9 Å². The molecule has 4 rings (SSSR count). The van der Waals surface area contributed by atoms with Crippen molar-refractivity contribution in [3.63, 3.8) is 0 Å². The molecule has 3 aromatic rings. The second-order valence-electron chi connectivity index (χ2n) is 6.01. The molecule has 1 amide bonds. The maximum absolute atomic E-state index is 12.4. The van der Waals surface area contributed by atoms with Crippen LogP contribution in [-0.4, -0.2) is 32.7 Å². The van der Waals surface area contributed by atoms with Gasteiger partial charge >= 0.3 is 0 Å². The van der Waals surface area contributed by atoms with Gasteiger partial charge in [0.05, 0.1) is 11.4 Å². The molecular formula is C18H19N5O3. The number of carbonyl (C=O) groups is 1. The predicted octanol–water partition coefficient (Wildman–Crippen LogP) is 2.26. The number of hydrogen-bond donors (Lipinski definition) is 2. The van der Waals surface area contributed by atoms with E-state index >= 15 is 0 Å². The zero-order chi connectivity index (χ0) is 18.1. The van der Waals surface area contributed by atoms with Gasteiger partial charge in [0, 0.05) is 30.4 Å². The number of fused-ring (bicyclic) bond motifs is 1. The Labute approximate surface area is 150 Å². The smallest absolute Gasteiger partial charge is 0.269 e. The number of ether oxygens (including phenoxy) is 2. The average molecular weight is 353 g/mol. The summed E-state index contributed by atoms with van der Waals surface area (Å²) in [6.07, 6.45) is 1.95. The normalized spacial score (nSPS) is 12.4. The first-order valence-electron chi connectivity index (χ1n) is 8.40. The topological polar surface area (TPSA) is 94.1 Å². The van der Waals surface area contributed by atoms with Gasteiger partial charge in [-0.3, -0.25) is 14.6 Å². The molecule has 0 aliphatic carbocycles. The molecule has 0 saturated carbocycles. The summed E-state index contributed by atoms with van der Waals surface area (Å²) in [5, 5.41) is 14.3. The van der Waals surface area contributed by atoms with Gasteiger partial charge in [-0.15, -0.1) is 0 Å². The zero-order valence-corrected chi connectivity index (χ0v) is 14.6. The fourth-order valence-corrected chi connectivity index (χ4v) is 2.81. The van der Waals surface area contributed by atoms with Crippen molar-refractivity contribution in [3.8, 4) is 22.8 Å². The van der Waals surface area contributed by atoms with Crippen LogP contribution in [0.5, 0.6) is 11.5 Å².